The summed E-state index contributed by atoms with van der Waals surface area (Å²) in [4.78, 5) is 21.5. The Morgan fingerprint density at radius 2 is 1.81 bits per heavy atom. The van der Waals surface area contributed by atoms with Crippen LogP contribution in [0.2, 0.25) is 0 Å². The van der Waals surface area contributed by atoms with Crippen LogP contribution in [0.1, 0.15) is 26.7 Å². The van der Waals surface area contributed by atoms with Crippen molar-refractivity contribution in [2.45, 2.75) is 26.7 Å². The average Bonchev–Trinajstić information content (AvgIpc) is 2.24. The van der Waals surface area contributed by atoms with Crippen LogP contribution in [-0.2, 0) is 23.8 Å². The van der Waals surface area contributed by atoms with E-state index in [-0.39, 0.29) is 25.2 Å². The molecule has 0 spiro atoms. The van der Waals surface area contributed by atoms with Crippen LogP contribution in [0, 0.1) is 5.92 Å². The molecule has 0 aliphatic carbocycles. The summed E-state index contributed by atoms with van der Waals surface area (Å²) in [6.07, 6.45) is 0.897. The Bertz CT molecular complexity index is 214. The van der Waals surface area contributed by atoms with Crippen molar-refractivity contribution in [3.8, 4) is 0 Å². The van der Waals surface area contributed by atoms with E-state index in [0.717, 1.165) is 5.92 Å². The number of esters is 2. The van der Waals surface area contributed by atoms with E-state index in [9.17, 15) is 9.59 Å². The van der Waals surface area contributed by atoms with Gasteiger partial charge in [-0.25, -0.2) is 0 Å². The molecule has 0 saturated carbocycles. The molecule has 5 heteroatoms. The lowest BCUT2D eigenvalue weighted by molar-refractivity contribution is -0.144. The summed E-state index contributed by atoms with van der Waals surface area (Å²) >= 11 is 0. The van der Waals surface area contributed by atoms with E-state index in [2.05, 4.69) is 0 Å². The first-order valence-corrected chi connectivity index (χ1v) is 5.21. The molecule has 0 unspecified atom stereocenters. The summed E-state index contributed by atoms with van der Waals surface area (Å²) < 4.78 is 14.7. The monoisotopic (exact) mass is 231 g/mol. The van der Waals surface area contributed by atoms with E-state index in [1.54, 1.807) is 14.0 Å². The van der Waals surface area contributed by atoms with E-state index in [4.69, 9.17) is 14.2 Å². The largest absolute Gasteiger partial charge is 0.466 e. The van der Waals surface area contributed by atoms with Crippen LogP contribution in [0.5, 0.6) is 0 Å². The predicted molar refractivity (Wildman–Crippen MR) is 57.6 cm³/mol. The standard InChI is InChI=1S/C11H19O5/c1-4-11(13)16-8-10(7-14-3)5-6-15-9(2)12/h4-8H2,1-3H3. The maximum Gasteiger partial charge on any atom is 0.305 e. The smallest absolute Gasteiger partial charge is 0.305 e. The summed E-state index contributed by atoms with van der Waals surface area (Å²) in [7, 11) is 1.56. The van der Waals surface area contributed by atoms with Crippen molar-refractivity contribution in [3.05, 3.63) is 5.92 Å². The second-order valence-electron chi connectivity index (χ2n) is 3.29. The highest BCUT2D eigenvalue weighted by molar-refractivity contribution is 5.69. The minimum atomic E-state index is -0.317. The Morgan fingerprint density at radius 1 is 1.12 bits per heavy atom. The number of methoxy groups -OCH3 is 1. The van der Waals surface area contributed by atoms with Gasteiger partial charge in [0.2, 0.25) is 0 Å². The molecule has 16 heavy (non-hydrogen) atoms. The molecule has 93 valence electrons. The van der Waals surface area contributed by atoms with E-state index in [1.165, 1.54) is 6.92 Å². The zero-order valence-corrected chi connectivity index (χ0v) is 10.1. The van der Waals surface area contributed by atoms with Crippen LogP contribution in [0.15, 0.2) is 0 Å². The third kappa shape index (κ3) is 8.23. The van der Waals surface area contributed by atoms with Crippen LogP contribution < -0.4 is 0 Å². The quantitative estimate of drug-likeness (QED) is 0.586. The normalized spacial score (nSPS) is 10.2. The fourth-order valence-corrected chi connectivity index (χ4v) is 1.01. The second kappa shape index (κ2) is 9.15. The summed E-state index contributed by atoms with van der Waals surface area (Å²) in [6.45, 7) is 4.00. The third-order valence-electron chi connectivity index (χ3n) is 1.84. The summed E-state index contributed by atoms with van der Waals surface area (Å²) in [5.41, 5.74) is 0. The lowest BCUT2D eigenvalue weighted by Gasteiger charge is -2.14. The van der Waals surface area contributed by atoms with Crippen molar-refractivity contribution < 1.29 is 23.8 Å². The highest BCUT2D eigenvalue weighted by Crippen LogP contribution is 2.08. The summed E-state index contributed by atoms with van der Waals surface area (Å²) in [5, 5.41) is 0. The van der Waals surface area contributed by atoms with Crippen molar-refractivity contribution >= 4 is 11.9 Å². The van der Waals surface area contributed by atoms with E-state index >= 15 is 0 Å². The molecule has 0 atom stereocenters. The summed E-state index contributed by atoms with van der Waals surface area (Å²) in [5.74, 6) is 0.328. The molecule has 0 saturated heterocycles. The van der Waals surface area contributed by atoms with E-state index in [1.807, 2.05) is 0 Å². The number of ether oxygens (including phenoxy) is 3. The van der Waals surface area contributed by atoms with Crippen LogP contribution in [-0.4, -0.2) is 38.9 Å². The predicted octanol–water partition coefficient (Wildman–Crippen LogP) is 1.11. The molecule has 0 rings (SSSR count). The Balaban J connectivity index is 3.78. The molecule has 0 aliphatic heterocycles. The third-order valence-corrected chi connectivity index (χ3v) is 1.84. The maximum atomic E-state index is 10.9. The van der Waals surface area contributed by atoms with Crippen molar-refractivity contribution in [1.82, 2.24) is 0 Å². The highest BCUT2D eigenvalue weighted by atomic mass is 16.5. The maximum absolute atomic E-state index is 10.9. The first-order valence-electron chi connectivity index (χ1n) is 5.21. The van der Waals surface area contributed by atoms with Crippen molar-refractivity contribution in [2.75, 3.05) is 26.9 Å². The number of hydrogen-bond donors (Lipinski definition) is 0. The fraction of sp³-hybridized carbons (Fsp3) is 0.727. The molecule has 0 aromatic heterocycles. The Morgan fingerprint density at radius 3 is 2.31 bits per heavy atom. The zero-order valence-electron chi connectivity index (χ0n) is 10.1. The SMILES string of the molecule is CCC(=O)OC[C](CCOC(C)=O)COC. The molecular weight excluding hydrogens is 212 g/mol. The van der Waals surface area contributed by atoms with Gasteiger partial charge in [-0.3, -0.25) is 9.59 Å². The van der Waals surface area contributed by atoms with E-state index < -0.39 is 0 Å². The lowest BCUT2D eigenvalue weighted by Crippen LogP contribution is -2.18. The first kappa shape index (κ1) is 14.9. The molecule has 1 radical (unpaired) electrons. The molecule has 0 aromatic rings. The van der Waals surface area contributed by atoms with Crippen molar-refractivity contribution in [2.24, 2.45) is 0 Å². The van der Waals surface area contributed by atoms with Crippen LogP contribution in [0.3, 0.4) is 0 Å². The van der Waals surface area contributed by atoms with Crippen LogP contribution in [0.4, 0.5) is 0 Å². The molecular formula is C11H19O5. The van der Waals surface area contributed by atoms with Gasteiger partial charge in [-0.05, 0) is 6.42 Å². The van der Waals surface area contributed by atoms with Gasteiger partial charge in [0.05, 0.1) is 19.8 Å². The Labute approximate surface area is 96.1 Å². The topological polar surface area (TPSA) is 61.8 Å². The van der Waals surface area contributed by atoms with Crippen molar-refractivity contribution in [1.29, 1.82) is 0 Å². The van der Waals surface area contributed by atoms with Gasteiger partial charge in [0, 0.05) is 26.4 Å². The molecule has 5 nitrogen and oxygen atoms in total. The van der Waals surface area contributed by atoms with Gasteiger partial charge >= 0.3 is 11.9 Å². The second-order valence-corrected chi connectivity index (χ2v) is 3.29. The van der Waals surface area contributed by atoms with Crippen LogP contribution >= 0.6 is 0 Å². The highest BCUT2D eigenvalue weighted by Gasteiger charge is 2.12. The fourth-order valence-electron chi connectivity index (χ4n) is 1.01. The minimum Gasteiger partial charge on any atom is -0.466 e. The molecule has 0 bridgehead atoms. The molecule has 0 N–H and O–H groups in total. The number of rotatable bonds is 8. The number of carbonyl (C=O) groups excluding carboxylic acids is 2. The molecule has 0 amide bonds. The first-order chi connectivity index (χ1) is 7.60. The molecule has 0 heterocycles. The Kier molecular flexibility index (Phi) is 8.52. The zero-order chi connectivity index (χ0) is 12.4. The van der Waals surface area contributed by atoms with Gasteiger partial charge in [0.25, 0.3) is 0 Å². The van der Waals surface area contributed by atoms with Gasteiger partial charge < -0.3 is 14.2 Å². The minimum absolute atomic E-state index is 0.224. The Hall–Kier alpha value is -1.10. The molecule has 0 aliphatic rings. The molecule has 0 fully saturated rings. The van der Waals surface area contributed by atoms with Gasteiger partial charge in [-0.15, -0.1) is 0 Å². The molecule has 0 aromatic carbocycles. The van der Waals surface area contributed by atoms with Gasteiger partial charge in [0.15, 0.2) is 0 Å². The van der Waals surface area contributed by atoms with Crippen molar-refractivity contribution in [3.63, 3.8) is 0 Å². The summed E-state index contributed by atoms with van der Waals surface area (Å²) in [6, 6.07) is 0. The van der Waals surface area contributed by atoms with E-state index in [0.29, 0.717) is 19.4 Å². The van der Waals surface area contributed by atoms with Gasteiger partial charge in [0.1, 0.15) is 0 Å². The number of hydrogen-bond acceptors (Lipinski definition) is 5. The number of carbonyl (C=O) groups is 2. The lowest BCUT2D eigenvalue weighted by atomic mass is 10.1. The average molecular weight is 231 g/mol. The van der Waals surface area contributed by atoms with Gasteiger partial charge in [-0.1, -0.05) is 6.92 Å². The van der Waals surface area contributed by atoms with Gasteiger partial charge in [-0.2, -0.15) is 0 Å². The van der Waals surface area contributed by atoms with Crippen LogP contribution in [0.25, 0.3) is 0 Å².